The van der Waals surface area contributed by atoms with Crippen LogP contribution >= 0.6 is 0 Å². The molecule has 1 aliphatic rings. The number of aliphatic carboxylic acids is 1. The van der Waals surface area contributed by atoms with Gasteiger partial charge in [0.25, 0.3) is 5.69 Å². The normalized spacial score (nSPS) is 16.4. The molecule has 2 rings (SSSR count). The van der Waals surface area contributed by atoms with Crippen LogP contribution in [0.5, 0.6) is 0 Å². The van der Waals surface area contributed by atoms with Gasteiger partial charge in [-0.3, -0.25) is 14.9 Å². The predicted molar refractivity (Wildman–Crippen MR) is 72.2 cm³/mol. The standard InChI is InChI=1S/C14H15NO6/c1-21-12(16)9-5-4-6-10(15(19)20)11(9)14(13(17)18)7-2-3-8-14/h4-6H,2-3,7-8H2,1H3,(H,17,18). The Labute approximate surface area is 120 Å². The van der Waals surface area contributed by atoms with Gasteiger partial charge >= 0.3 is 11.9 Å². The van der Waals surface area contributed by atoms with Gasteiger partial charge in [0.15, 0.2) is 0 Å². The fourth-order valence-electron chi connectivity index (χ4n) is 3.02. The highest BCUT2D eigenvalue weighted by Gasteiger charge is 2.49. The molecular weight excluding hydrogens is 278 g/mol. The van der Waals surface area contributed by atoms with Crippen LogP contribution in [0, 0.1) is 10.1 Å². The summed E-state index contributed by atoms with van der Waals surface area (Å²) in [6.45, 7) is 0. The number of esters is 1. The number of carboxylic acids is 1. The second kappa shape index (κ2) is 5.51. The highest BCUT2D eigenvalue weighted by molar-refractivity contribution is 5.96. The third-order valence-electron chi connectivity index (χ3n) is 3.99. The summed E-state index contributed by atoms with van der Waals surface area (Å²) in [5.74, 6) is -1.90. The first-order valence-electron chi connectivity index (χ1n) is 6.53. The number of rotatable bonds is 4. The van der Waals surface area contributed by atoms with Crippen molar-refractivity contribution < 1.29 is 24.4 Å². The molecule has 0 atom stereocenters. The average molecular weight is 293 g/mol. The number of methoxy groups -OCH3 is 1. The predicted octanol–water partition coefficient (Wildman–Crippen LogP) is 2.28. The molecule has 1 N–H and O–H groups in total. The first kappa shape index (κ1) is 15.0. The van der Waals surface area contributed by atoms with E-state index < -0.39 is 22.3 Å². The third-order valence-corrected chi connectivity index (χ3v) is 3.99. The van der Waals surface area contributed by atoms with Crippen molar-refractivity contribution in [1.82, 2.24) is 0 Å². The fraction of sp³-hybridized carbons (Fsp3) is 0.429. The van der Waals surface area contributed by atoms with E-state index in [2.05, 4.69) is 4.74 Å². The highest BCUT2D eigenvalue weighted by Crippen LogP contribution is 2.46. The van der Waals surface area contributed by atoms with Crippen molar-refractivity contribution in [2.24, 2.45) is 0 Å². The lowest BCUT2D eigenvalue weighted by Gasteiger charge is -2.25. The number of nitro groups is 1. The Morgan fingerprint density at radius 2 is 1.95 bits per heavy atom. The molecule has 1 fully saturated rings. The molecule has 7 heteroatoms. The maximum atomic E-state index is 11.9. The van der Waals surface area contributed by atoms with Crippen molar-refractivity contribution in [2.75, 3.05) is 7.11 Å². The van der Waals surface area contributed by atoms with Gasteiger partial charge in [0, 0.05) is 6.07 Å². The number of carbonyl (C=O) groups excluding carboxylic acids is 1. The van der Waals surface area contributed by atoms with Gasteiger partial charge in [0.2, 0.25) is 0 Å². The molecule has 7 nitrogen and oxygen atoms in total. The van der Waals surface area contributed by atoms with Gasteiger partial charge in [-0.05, 0) is 18.9 Å². The quantitative estimate of drug-likeness (QED) is 0.518. The molecule has 1 aliphatic carbocycles. The highest BCUT2D eigenvalue weighted by atomic mass is 16.6. The molecule has 21 heavy (non-hydrogen) atoms. The minimum Gasteiger partial charge on any atom is -0.481 e. The van der Waals surface area contributed by atoms with Crippen molar-refractivity contribution in [2.45, 2.75) is 31.1 Å². The number of carboxylic acid groups (broad SMARTS) is 1. The van der Waals surface area contributed by atoms with E-state index in [0.717, 1.165) is 7.11 Å². The molecule has 1 aromatic rings. The summed E-state index contributed by atoms with van der Waals surface area (Å²) in [6.07, 6.45) is 1.85. The summed E-state index contributed by atoms with van der Waals surface area (Å²) < 4.78 is 4.64. The first-order chi connectivity index (χ1) is 9.94. The Bertz CT molecular complexity index is 603. The molecular formula is C14H15NO6. The van der Waals surface area contributed by atoms with Crippen molar-refractivity contribution in [3.8, 4) is 0 Å². The number of benzene rings is 1. The second-order valence-electron chi connectivity index (χ2n) is 5.04. The second-order valence-corrected chi connectivity index (χ2v) is 5.04. The van der Waals surface area contributed by atoms with Gasteiger partial charge in [-0.1, -0.05) is 18.9 Å². The van der Waals surface area contributed by atoms with E-state index in [-0.39, 0.29) is 29.7 Å². The molecule has 0 aliphatic heterocycles. The third kappa shape index (κ3) is 2.35. The van der Waals surface area contributed by atoms with Crippen LogP contribution in [0.25, 0.3) is 0 Å². The first-order valence-corrected chi connectivity index (χ1v) is 6.53. The van der Waals surface area contributed by atoms with Crippen LogP contribution < -0.4 is 0 Å². The van der Waals surface area contributed by atoms with Gasteiger partial charge in [-0.15, -0.1) is 0 Å². The smallest absolute Gasteiger partial charge is 0.338 e. The summed E-state index contributed by atoms with van der Waals surface area (Å²) in [5.41, 5.74) is -1.82. The van der Waals surface area contributed by atoms with Gasteiger partial charge < -0.3 is 9.84 Å². The van der Waals surface area contributed by atoms with Crippen LogP contribution in [0.15, 0.2) is 18.2 Å². The van der Waals surface area contributed by atoms with Crippen molar-refractivity contribution in [3.05, 3.63) is 39.4 Å². The number of nitrogens with zero attached hydrogens (tertiary/aromatic N) is 1. The van der Waals surface area contributed by atoms with E-state index >= 15 is 0 Å². The van der Waals surface area contributed by atoms with Gasteiger partial charge in [0.05, 0.1) is 23.2 Å². The summed E-state index contributed by atoms with van der Waals surface area (Å²) >= 11 is 0. The maximum Gasteiger partial charge on any atom is 0.338 e. The lowest BCUT2D eigenvalue weighted by atomic mass is 9.75. The van der Waals surface area contributed by atoms with E-state index in [1.54, 1.807) is 0 Å². The van der Waals surface area contributed by atoms with Crippen LogP contribution in [0.3, 0.4) is 0 Å². The summed E-state index contributed by atoms with van der Waals surface area (Å²) in [4.78, 5) is 34.3. The van der Waals surface area contributed by atoms with E-state index in [1.165, 1.54) is 18.2 Å². The van der Waals surface area contributed by atoms with Crippen LogP contribution in [-0.4, -0.2) is 29.1 Å². The van der Waals surface area contributed by atoms with Crippen LogP contribution in [-0.2, 0) is 14.9 Å². The average Bonchev–Trinajstić information content (AvgIpc) is 2.96. The Hall–Kier alpha value is -2.44. The van der Waals surface area contributed by atoms with Crippen LogP contribution in [0.2, 0.25) is 0 Å². The van der Waals surface area contributed by atoms with Crippen molar-refractivity contribution in [1.29, 1.82) is 0 Å². The van der Waals surface area contributed by atoms with E-state index in [0.29, 0.717) is 12.8 Å². The van der Waals surface area contributed by atoms with E-state index in [1.807, 2.05) is 0 Å². The molecule has 1 aromatic carbocycles. The van der Waals surface area contributed by atoms with Gasteiger partial charge in [-0.25, -0.2) is 4.79 Å². The van der Waals surface area contributed by atoms with Crippen LogP contribution in [0.4, 0.5) is 5.69 Å². The summed E-state index contributed by atoms with van der Waals surface area (Å²) in [6, 6.07) is 3.96. The number of carbonyl (C=O) groups is 2. The summed E-state index contributed by atoms with van der Waals surface area (Å²) in [5, 5.41) is 20.9. The molecule has 0 saturated heterocycles. The van der Waals surface area contributed by atoms with Gasteiger partial charge in [0.1, 0.15) is 5.41 Å². The number of ether oxygens (including phenoxy) is 1. The zero-order chi connectivity index (χ0) is 15.6. The minimum absolute atomic E-state index is 0.0353. The van der Waals surface area contributed by atoms with E-state index in [4.69, 9.17) is 0 Å². The molecule has 0 spiro atoms. The van der Waals surface area contributed by atoms with Crippen molar-refractivity contribution >= 4 is 17.6 Å². The molecule has 0 unspecified atom stereocenters. The Morgan fingerprint density at radius 1 is 1.33 bits per heavy atom. The molecule has 0 heterocycles. The lowest BCUT2D eigenvalue weighted by molar-refractivity contribution is -0.386. The number of hydrogen-bond donors (Lipinski definition) is 1. The zero-order valence-electron chi connectivity index (χ0n) is 11.5. The molecule has 1 saturated carbocycles. The molecule has 0 bridgehead atoms. The topological polar surface area (TPSA) is 107 Å². The van der Waals surface area contributed by atoms with Crippen molar-refractivity contribution in [3.63, 3.8) is 0 Å². The zero-order valence-corrected chi connectivity index (χ0v) is 11.5. The SMILES string of the molecule is COC(=O)c1cccc([N+](=O)[O-])c1C1(C(=O)O)CCCC1. The fourth-order valence-corrected chi connectivity index (χ4v) is 3.02. The molecule has 112 valence electrons. The number of hydrogen-bond acceptors (Lipinski definition) is 5. The Kier molecular flexibility index (Phi) is 3.93. The minimum atomic E-state index is -1.40. The maximum absolute atomic E-state index is 11.9. The van der Waals surface area contributed by atoms with Gasteiger partial charge in [-0.2, -0.15) is 0 Å². The molecule has 0 radical (unpaired) electrons. The lowest BCUT2D eigenvalue weighted by Crippen LogP contribution is -2.35. The number of nitro benzene ring substituents is 1. The Morgan fingerprint density at radius 3 is 2.43 bits per heavy atom. The molecule has 0 aromatic heterocycles. The molecule has 0 amide bonds. The van der Waals surface area contributed by atoms with Crippen LogP contribution in [0.1, 0.15) is 41.6 Å². The Balaban J connectivity index is 2.77. The van der Waals surface area contributed by atoms with E-state index in [9.17, 15) is 24.8 Å². The largest absolute Gasteiger partial charge is 0.481 e. The monoisotopic (exact) mass is 293 g/mol. The summed E-state index contributed by atoms with van der Waals surface area (Å²) in [7, 11) is 1.16.